The average molecular weight is 259 g/mol. The highest BCUT2D eigenvalue weighted by Gasteiger charge is 2.14. The predicted octanol–water partition coefficient (Wildman–Crippen LogP) is 2.12. The van der Waals surface area contributed by atoms with Crippen LogP contribution in [0, 0.1) is 5.92 Å². The summed E-state index contributed by atoms with van der Waals surface area (Å²) in [5, 5.41) is 13.8. The van der Waals surface area contributed by atoms with Crippen LogP contribution in [-0.4, -0.2) is 22.7 Å². The van der Waals surface area contributed by atoms with Gasteiger partial charge in [0.15, 0.2) is 0 Å². The molecule has 1 aromatic carbocycles. The molecule has 102 valence electrons. The van der Waals surface area contributed by atoms with Gasteiger partial charge in [-0.1, -0.05) is 32.0 Å². The smallest absolute Gasteiger partial charge is 0.131 e. The van der Waals surface area contributed by atoms with Crippen molar-refractivity contribution in [3.63, 3.8) is 0 Å². The monoisotopic (exact) mass is 259 g/mol. The summed E-state index contributed by atoms with van der Waals surface area (Å²) in [5.74, 6) is 1.10. The predicted molar refractivity (Wildman–Crippen MR) is 79.0 cm³/mol. The first kappa shape index (κ1) is 13.8. The number of pyridine rings is 1. The van der Waals surface area contributed by atoms with Crippen LogP contribution in [0.4, 0.5) is 5.82 Å². The summed E-state index contributed by atoms with van der Waals surface area (Å²) in [4.78, 5) is 4.61. The van der Waals surface area contributed by atoms with Gasteiger partial charge in [0, 0.05) is 17.5 Å². The number of hydrogen-bond acceptors (Lipinski definition) is 4. The van der Waals surface area contributed by atoms with E-state index in [4.69, 9.17) is 5.73 Å². The van der Waals surface area contributed by atoms with E-state index in [1.165, 1.54) is 0 Å². The number of benzene rings is 1. The fourth-order valence-corrected chi connectivity index (χ4v) is 2.04. The Bertz CT molecular complexity index is 554. The minimum Gasteiger partial charge on any atom is -0.394 e. The van der Waals surface area contributed by atoms with E-state index in [0.29, 0.717) is 12.5 Å². The van der Waals surface area contributed by atoms with Crippen LogP contribution >= 0.6 is 0 Å². The van der Waals surface area contributed by atoms with Crippen molar-refractivity contribution < 1.29 is 5.11 Å². The van der Waals surface area contributed by atoms with E-state index < -0.39 is 0 Å². The van der Waals surface area contributed by atoms with Crippen molar-refractivity contribution >= 4 is 16.7 Å². The highest BCUT2D eigenvalue weighted by molar-refractivity contribution is 5.81. The Balaban J connectivity index is 2.40. The lowest BCUT2D eigenvalue weighted by Crippen LogP contribution is -2.30. The van der Waals surface area contributed by atoms with Gasteiger partial charge < -0.3 is 16.2 Å². The standard InChI is InChI=1S/C15H21N3O/c1-10(2)14(9-19)18-15-12(8-16)7-11-5-3-4-6-13(11)17-15/h3-7,10,14,19H,8-9,16H2,1-2H3,(H,17,18). The Hall–Kier alpha value is -1.65. The number of nitrogens with two attached hydrogens (primary N) is 1. The van der Waals surface area contributed by atoms with Crippen LogP contribution in [0.25, 0.3) is 10.9 Å². The molecule has 2 rings (SSSR count). The molecule has 0 saturated heterocycles. The van der Waals surface area contributed by atoms with E-state index in [-0.39, 0.29) is 12.6 Å². The first-order valence-corrected chi connectivity index (χ1v) is 6.61. The fourth-order valence-electron chi connectivity index (χ4n) is 2.04. The summed E-state index contributed by atoms with van der Waals surface area (Å²) in [6.07, 6.45) is 0. The lowest BCUT2D eigenvalue weighted by atomic mass is 10.0. The van der Waals surface area contributed by atoms with E-state index in [1.807, 2.05) is 24.3 Å². The van der Waals surface area contributed by atoms with Gasteiger partial charge in [0.05, 0.1) is 18.2 Å². The average Bonchev–Trinajstić information content (AvgIpc) is 2.43. The van der Waals surface area contributed by atoms with Crippen LogP contribution in [-0.2, 0) is 6.54 Å². The summed E-state index contributed by atoms with van der Waals surface area (Å²) in [6, 6.07) is 10.00. The molecule has 0 spiro atoms. The maximum absolute atomic E-state index is 9.41. The van der Waals surface area contributed by atoms with Crippen LogP contribution in [0.5, 0.6) is 0 Å². The summed E-state index contributed by atoms with van der Waals surface area (Å²) in [5.41, 5.74) is 7.70. The normalized spacial score (nSPS) is 12.9. The van der Waals surface area contributed by atoms with Crippen molar-refractivity contribution in [1.82, 2.24) is 4.98 Å². The van der Waals surface area contributed by atoms with Crippen LogP contribution in [0.1, 0.15) is 19.4 Å². The van der Waals surface area contributed by atoms with E-state index >= 15 is 0 Å². The molecule has 0 aliphatic rings. The minimum absolute atomic E-state index is 0.0148. The molecule has 1 aromatic heterocycles. The van der Waals surface area contributed by atoms with Crippen molar-refractivity contribution in [1.29, 1.82) is 0 Å². The molecular formula is C15H21N3O. The van der Waals surface area contributed by atoms with Crippen LogP contribution in [0.2, 0.25) is 0 Å². The molecule has 1 heterocycles. The molecule has 1 atom stereocenters. The summed E-state index contributed by atoms with van der Waals surface area (Å²) >= 11 is 0. The molecule has 2 aromatic rings. The van der Waals surface area contributed by atoms with Crippen molar-refractivity contribution in [2.75, 3.05) is 11.9 Å². The third kappa shape index (κ3) is 3.03. The molecule has 0 bridgehead atoms. The number of nitrogens with one attached hydrogen (secondary N) is 1. The van der Waals surface area contributed by atoms with Gasteiger partial charge in [-0.05, 0) is 18.1 Å². The summed E-state index contributed by atoms with van der Waals surface area (Å²) < 4.78 is 0. The number of para-hydroxylation sites is 1. The Kier molecular flexibility index (Phi) is 4.35. The third-order valence-corrected chi connectivity index (χ3v) is 3.35. The number of aliphatic hydroxyl groups excluding tert-OH is 1. The number of fused-ring (bicyclic) bond motifs is 1. The zero-order valence-electron chi connectivity index (χ0n) is 11.4. The van der Waals surface area contributed by atoms with Crippen molar-refractivity contribution in [3.8, 4) is 0 Å². The molecule has 4 N–H and O–H groups in total. The molecule has 0 aliphatic carbocycles. The van der Waals surface area contributed by atoms with E-state index in [2.05, 4.69) is 30.2 Å². The van der Waals surface area contributed by atoms with Gasteiger partial charge >= 0.3 is 0 Å². The van der Waals surface area contributed by atoms with Crippen LogP contribution < -0.4 is 11.1 Å². The van der Waals surface area contributed by atoms with Crippen LogP contribution in [0.15, 0.2) is 30.3 Å². The number of nitrogens with zero attached hydrogens (tertiary/aromatic N) is 1. The highest BCUT2D eigenvalue weighted by atomic mass is 16.3. The maximum atomic E-state index is 9.41. The number of hydrogen-bond donors (Lipinski definition) is 3. The first-order chi connectivity index (χ1) is 9.15. The van der Waals surface area contributed by atoms with E-state index in [0.717, 1.165) is 22.3 Å². The number of rotatable bonds is 5. The summed E-state index contributed by atoms with van der Waals surface area (Å²) in [7, 11) is 0. The third-order valence-electron chi connectivity index (χ3n) is 3.35. The molecule has 4 nitrogen and oxygen atoms in total. The van der Waals surface area contributed by atoms with Gasteiger partial charge in [-0.2, -0.15) is 0 Å². The Labute approximate surface area is 113 Å². The van der Waals surface area contributed by atoms with E-state index in [1.54, 1.807) is 0 Å². The summed E-state index contributed by atoms with van der Waals surface area (Å²) in [6.45, 7) is 4.64. The first-order valence-electron chi connectivity index (χ1n) is 6.61. The van der Waals surface area contributed by atoms with Gasteiger partial charge in [-0.25, -0.2) is 4.98 Å². The minimum atomic E-state index is -0.0148. The number of aliphatic hydroxyl groups is 1. The second-order valence-corrected chi connectivity index (χ2v) is 5.07. The molecule has 0 radical (unpaired) electrons. The van der Waals surface area contributed by atoms with Gasteiger partial charge in [-0.15, -0.1) is 0 Å². The Morgan fingerprint density at radius 3 is 2.68 bits per heavy atom. The topological polar surface area (TPSA) is 71.2 Å². The Morgan fingerprint density at radius 1 is 1.32 bits per heavy atom. The molecule has 0 aliphatic heterocycles. The van der Waals surface area contributed by atoms with Crippen molar-refractivity contribution in [2.24, 2.45) is 11.7 Å². The largest absolute Gasteiger partial charge is 0.394 e. The van der Waals surface area contributed by atoms with Crippen LogP contribution in [0.3, 0.4) is 0 Å². The second-order valence-electron chi connectivity index (χ2n) is 5.07. The molecule has 0 saturated carbocycles. The zero-order chi connectivity index (χ0) is 13.8. The van der Waals surface area contributed by atoms with Crippen molar-refractivity contribution in [3.05, 3.63) is 35.9 Å². The zero-order valence-corrected chi connectivity index (χ0v) is 11.4. The Morgan fingerprint density at radius 2 is 2.05 bits per heavy atom. The van der Waals surface area contributed by atoms with Gasteiger partial charge in [-0.3, -0.25) is 0 Å². The highest BCUT2D eigenvalue weighted by Crippen LogP contribution is 2.21. The number of anilines is 1. The van der Waals surface area contributed by atoms with E-state index in [9.17, 15) is 5.11 Å². The van der Waals surface area contributed by atoms with Gasteiger partial charge in [0.1, 0.15) is 5.82 Å². The molecule has 0 amide bonds. The van der Waals surface area contributed by atoms with Crippen molar-refractivity contribution in [2.45, 2.75) is 26.4 Å². The quantitative estimate of drug-likeness (QED) is 0.769. The van der Waals surface area contributed by atoms with Gasteiger partial charge in [0.25, 0.3) is 0 Å². The van der Waals surface area contributed by atoms with Gasteiger partial charge in [0.2, 0.25) is 0 Å². The number of aromatic nitrogens is 1. The fraction of sp³-hybridized carbons (Fsp3) is 0.400. The molecular weight excluding hydrogens is 238 g/mol. The molecule has 4 heteroatoms. The lowest BCUT2D eigenvalue weighted by molar-refractivity contribution is 0.249. The molecule has 0 fully saturated rings. The molecule has 1 unspecified atom stereocenters. The second kappa shape index (κ2) is 5.99. The SMILES string of the molecule is CC(C)C(CO)Nc1nc2ccccc2cc1CN. The molecule has 19 heavy (non-hydrogen) atoms. The maximum Gasteiger partial charge on any atom is 0.131 e. The lowest BCUT2D eigenvalue weighted by Gasteiger charge is -2.22.